The molecular weight excluding hydrogens is 482 g/mol. The summed E-state index contributed by atoms with van der Waals surface area (Å²) in [5, 5.41) is 0. The van der Waals surface area contributed by atoms with Gasteiger partial charge >= 0.3 is 0 Å². The predicted molar refractivity (Wildman–Crippen MR) is 141 cm³/mol. The molecule has 196 valence electrons. The molecule has 36 heavy (non-hydrogen) atoms. The number of hydrogen-bond acceptors (Lipinski definition) is 10. The third-order valence-corrected chi connectivity index (χ3v) is 7.47. The van der Waals surface area contributed by atoms with Gasteiger partial charge in [0, 0.05) is 56.2 Å². The fourth-order valence-electron chi connectivity index (χ4n) is 5.22. The average molecular weight is 518 g/mol. The van der Waals surface area contributed by atoms with Gasteiger partial charge in [-0.25, -0.2) is 15.0 Å². The van der Waals surface area contributed by atoms with Crippen molar-refractivity contribution in [3.63, 3.8) is 0 Å². The maximum Gasteiger partial charge on any atom is 0.239 e. The molecule has 1 amide bonds. The van der Waals surface area contributed by atoms with Crippen LogP contribution >= 0.6 is 12.4 Å². The van der Waals surface area contributed by atoms with Crippen LogP contribution in [-0.4, -0.2) is 88.3 Å². The largest absolute Gasteiger partial charge is 0.378 e. The number of halogens is 1. The molecular formula is C24H36ClN9O2. The standard InChI is InChI=1S/C24H35N9O2.ClH/c1-15(2)18(25)21(34)32-7-5-24(3,14-32)33-6-4-17-19(16-12-27-22(26)28-13-16)29-23(30-20(17)33)31-8-10-35-11-9-31;/h12-13,15,18H,4-11,14,25H2,1-3H3,(H2,26,27,28);1H/t18-,24+;/m1./s1. The summed E-state index contributed by atoms with van der Waals surface area (Å²) in [6, 6.07) is -0.476. The van der Waals surface area contributed by atoms with Crippen LogP contribution in [0, 0.1) is 5.92 Å². The summed E-state index contributed by atoms with van der Waals surface area (Å²) in [5.74, 6) is 1.98. The lowest BCUT2D eigenvalue weighted by atomic mass is 9.99. The van der Waals surface area contributed by atoms with Crippen molar-refractivity contribution < 1.29 is 9.53 Å². The van der Waals surface area contributed by atoms with E-state index in [1.54, 1.807) is 12.4 Å². The second kappa shape index (κ2) is 10.3. The predicted octanol–water partition coefficient (Wildman–Crippen LogP) is 1.11. The molecule has 0 aromatic carbocycles. The van der Waals surface area contributed by atoms with Crippen molar-refractivity contribution in [3.05, 3.63) is 18.0 Å². The molecule has 2 aromatic rings. The van der Waals surface area contributed by atoms with Crippen LogP contribution in [0.4, 0.5) is 17.7 Å². The summed E-state index contributed by atoms with van der Waals surface area (Å²) in [7, 11) is 0. The highest BCUT2D eigenvalue weighted by molar-refractivity contribution is 5.85. The summed E-state index contributed by atoms with van der Waals surface area (Å²) >= 11 is 0. The topological polar surface area (TPSA) is 140 Å². The van der Waals surface area contributed by atoms with Gasteiger partial charge in [0.1, 0.15) is 5.82 Å². The van der Waals surface area contributed by atoms with Gasteiger partial charge in [0.05, 0.1) is 30.5 Å². The molecule has 11 nitrogen and oxygen atoms in total. The minimum Gasteiger partial charge on any atom is -0.378 e. The first-order valence-electron chi connectivity index (χ1n) is 12.4. The Morgan fingerprint density at radius 3 is 2.47 bits per heavy atom. The Hall–Kier alpha value is -2.76. The molecule has 0 saturated carbocycles. The van der Waals surface area contributed by atoms with Gasteiger partial charge in [0.25, 0.3) is 0 Å². The first kappa shape index (κ1) is 26.3. The molecule has 0 unspecified atom stereocenters. The maximum atomic E-state index is 13.0. The number of nitrogens with two attached hydrogens (primary N) is 2. The average Bonchev–Trinajstić information content (AvgIpc) is 3.48. The smallest absolute Gasteiger partial charge is 0.239 e. The van der Waals surface area contributed by atoms with E-state index in [-0.39, 0.29) is 35.7 Å². The molecule has 2 saturated heterocycles. The molecule has 0 spiro atoms. The first-order chi connectivity index (χ1) is 16.8. The Bertz CT molecular complexity index is 1090. The van der Waals surface area contributed by atoms with Crippen molar-refractivity contribution >= 4 is 36.0 Å². The zero-order chi connectivity index (χ0) is 24.7. The van der Waals surface area contributed by atoms with Crippen molar-refractivity contribution in [2.45, 2.75) is 45.2 Å². The van der Waals surface area contributed by atoms with Crippen molar-refractivity contribution in [1.82, 2.24) is 24.8 Å². The fraction of sp³-hybridized carbons (Fsp3) is 0.625. The van der Waals surface area contributed by atoms with Crippen molar-refractivity contribution in [2.24, 2.45) is 11.7 Å². The Balaban J connectivity index is 0.00000304. The summed E-state index contributed by atoms with van der Waals surface area (Å²) in [6.07, 6.45) is 5.12. The molecule has 4 N–H and O–H groups in total. The number of aromatic nitrogens is 4. The molecule has 0 radical (unpaired) electrons. The van der Waals surface area contributed by atoms with Gasteiger partial charge in [-0.05, 0) is 25.7 Å². The van der Waals surface area contributed by atoms with Crippen LogP contribution in [-0.2, 0) is 16.0 Å². The van der Waals surface area contributed by atoms with E-state index in [0.717, 1.165) is 55.1 Å². The number of rotatable bonds is 5. The number of morpholine rings is 1. The maximum absolute atomic E-state index is 13.0. The van der Waals surface area contributed by atoms with Gasteiger partial charge in [-0.15, -0.1) is 12.4 Å². The first-order valence-corrected chi connectivity index (χ1v) is 12.4. The quantitative estimate of drug-likeness (QED) is 0.592. The second-order valence-electron chi connectivity index (χ2n) is 10.3. The highest BCUT2D eigenvalue weighted by Gasteiger charge is 2.45. The highest BCUT2D eigenvalue weighted by atomic mass is 35.5. The van der Waals surface area contributed by atoms with E-state index >= 15 is 0 Å². The zero-order valence-electron chi connectivity index (χ0n) is 21.2. The van der Waals surface area contributed by atoms with Gasteiger partial charge in [0.2, 0.25) is 17.8 Å². The lowest BCUT2D eigenvalue weighted by Crippen LogP contribution is -2.51. The number of ether oxygens (including phenoxy) is 1. The van der Waals surface area contributed by atoms with Gasteiger partial charge in [-0.3, -0.25) is 4.79 Å². The monoisotopic (exact) mass is 517 g/mol. The number of anilines is 3. The lowest BCUT2D eigenvalue weighted by Gasteiger charge is -2.37. The van der Waals surface area contributed by atoms with Crippen molar-refractivity contribution in [2.75, 3.05) is 61.5 Å². The highest BCUT2D eigenvalue weighted by Crippen LogP contribution is 2.41. The molecule has 3 aliphatic heterocycles. The summed E-state index contributed by atoms with van der Waals surface area (Å²) in [4.78, 5) is 37.9. The molecule has 2 atom stereocenters. The van der Waals surface area contributed by atoms with E-state index in [1.165, 1.54) is 0 Å². The Kier molecular flexibility index (Phi) is 7.53. The Morgan fingerprint density at radius 1 is 1.11 bits per heavy atom. The number of amides is 1. The number of hydrogen-bond donors (Lipinski definition) is 2. The number of likely N-dealkylation sites (tertiary alicyclic amines) is 1. The van der Waals surface area contributed by atoms with Crippen molar-refractivity contribution in [1.29, 1.82) is 0 Å². The number of carbonyl (C=O) groups is 1. The van der Waals surface area contributed by atoms with Gasteiger partial charge in [0.15, 0.2) is 0 Å². The number of fused-ring (bicyclic) bond motifs is 1. The van der Waals surface area contributed by atoms with Crippen LogP contribution in [0.3, 0.4) is 0 Å². The molecule has 5 heterocycles. The minimum atomic E-state index is -0.476. The molecule has 12 heteroatoms. The van der Waals surface area contributed by atoms with Crippen molar-refractivity contribution in [3.8, 4) is 11.3 Å². The van der Waals surface area contributed by atoms with E-state index in [4.69, 9.17) is 26.2 Å². The SMILES string of the molecule is CC(C)[C@@H](N)C(=O)N1CC[C@](C)(N2CCc3c(-c4cnc(N)nc4)nc(N4CCOCC4)nc32)C1.Cl. The van der Waals surface area contributed by atoms with E-state index in [0.29, 0.717) is 32.3 Å². The van der Waals surface area contributed by atoms with Gasteiger partial charge in [-0.1, -0.05) is 13.8 Å². The van der Waals surface area contributed by atoms with Crippen LogP contribution in [0.2, 0.25) is 0 Å². The molecule has 5 rings (SSSR count). The van der Waals surface area contributed by atoms with Crippen LogP contribution in [0.25, 0.3) is 11.3 Å². The van der Waals surface area contributed by atoms with Gasteiger partial charge < -0.3 is 30.9 Å². The van der Waals surface area contributed by atoms with E-state index in [9.17, 15) is 4.79 Å². The molecule has 2 fully saturated rings. The summed E-state index contributed by atoms with van der Waals surface area (Å²) in [6.45, 7) is 11.1. The lowest BCUT2D eigenvalue weighted by molar-refractivity contribution is -0.132. The number of nitrogen functional groups attached to an aromatic ring is 1. The van der Waals surface area contributed by atoms with Crippen LogP contribution in [0.1, 0.15) is 32.8 Å². The van der Waals surface area contributed by atoms with E-state index < -0.39 is 6.04 Å². The normalized spacial score (nSPS) is 22.5. The Morgan fingerprint density at radius 2 is 1.81 bits per heavy atom. The van der Waals surface area contributed by atoms with Crippen LogP contribution in [0.5, 0.6) is 0 Å². The number of carbonyl (C=O) groups excluding carboxylic acids is 1. The molecule has 0 bridgehead atoms. The molecule has 3 aliphatic rings. The second-order valence-corrected chi connectivity index (χ2v) is 10.3. The number of nitrogens with zero attached hydrogens (tertiary/aromatic N) is 7. The zero-order valence-corrected chi connectivity index (χ0v) is 22.0. The van der Waals surface area contributed by atoms with Crippen LogP contribution < -0.4 is 21.3 Å². The molecule has 0 aliphatic carbocycles. The summed E-state index contributed by atoms with van der Waals surface area (Å²) in [5.41, 5.74) is 14.4. The summed E-state index contributed by atoms with van der Waals surface area (Å²) < 4.78 is 5.54. The van der Waals surface area contributed by atoms with Gasteiger partial charge in [-0.2, -0.15) is 4.98 Å². The molecule has 2 aromatic heterocycles. The fourth-order valence-corrected chi connectivity index (χ4v) is 5.22. The van der Waals surface area contributed by atoms with Crippen LogP contribution in [0.15, 0.2) is 12.4 Å². The van der Waals surface area contributed by atoms with E-state index in [2.05, 4.69) is 26.7 Å². The van der Waals surface area contributed by atoms with E-state index in [1.807, 2.05) is 18.7 Å². The third kappa shape index (κ3) is 4.79. The third-order valence-electron chi connectivity index (χ3n) is 7.47. The minimum absolute atomic E-state index is 0. The Labute approximate surface area is 218 Å².